The smallest absolute Gasteiger partial charge is 0.311 e. The molecule has 342 valence electrons. The molecule has 4 aliphatic heterocycles. The Morgan fingerprint density at radius 3 is 1.03 bits per heavy atom. The Hall–Kier alpha value is -4.14. The van der Waals surface area contributed by atoms with Crippen molar-refractivity contribution < 1.29 is 73.7 Å². The fourth-order valence-electron chi connectivity index (χ4n) is 6.53. The van der Waals surface area contributed by atoms with Gasteiger partial charge >= 0.3 is 23.9 Å². The van der Waals surface area contributed by atoms with Crippen molar-refractivity contribution in [3.63, 3.8) is 0 Å². The zero-order valence-corrected chi connectivity index (χ0v) is 38.7. The molecule has 0 saturated carbocycles. The number of esters is 1. The largest absolute Gasteiger partial charge is 0.481 e. The number of aliphatic hydroxyl groups excluding tert-OH is 3. The zero-order valence-electron chi connectivity index (χ0n) is 34.6. The average molecular weight is 953 g/mol. The van der Waals surface area contributed by atoms with Crippen LogP contribution in [0.15, 0.2) is 48.5 Å². The Morgan fingerprint density at radius 1 is 0.571 bits per heavy atom. The summed E-state index contributed by atoms with van der Waals surface area (Å²) < 4.78 is 5.06. The highest BCUT2D eigenvalue weighted by atomic mass is 32.7. The summed E-state index contributed by atoms with van der Waals surface area (Å²) >= 11 is 0. The Bertz CT molecular complexity index is 1860. The number of amides is 4. The molecule has 2 radical (unpaired) electrons. The van der Waals surface area contributed by atoms with Crippen LogP contribution in [0.3, 0.4) is 0 Å². The summed E-state index contributed by atoms with van der Waals surface area (Å²) in [6, 6.07) is 13.2. The van der Waals surface area contributed by atoms with E-state index in [4.69, 9.17) is 42.9 Å². The summed E-state index contributed by atoms with van der Waals surface area (Å²) in [5, 5.41) is 51.6. The molecule has 19 nitrogen and oxygen atoms in total. The number of hydrogen-bond donors (Lipinski definition) is 6. The van der Waals surface area contributed by atoms with Crippen LogP contribution in [0.2, 0.25) is 0 Å². The van der Waals surface area contributed by atoms with Crippen LogP contribution in [0.1, 0.15) is 38.5 Å². The van der Waals surface area contributed by atoms with Crippen LogP contribution in [0, 0.1) is 23.7 Å². The summed E-state index contributed by atoms with van der Waals surface area (Å²) in [7, 11) is 10.7. The SMILES string of the molecule is O=C(O)C1CC(=O)N(c2ccc(N3CC(C(=O)O)CC3=O)cc2)C1.O=C(O)C1CC(=O)N(c2ccc(N3CC(C(=O)OCCCO)CC3=O)cc2)C1.OCCCO.[B]P(C)P(P)P. The third-order valence-corrected chi connectivity index (χ3v) is 19.5. The summed E-state index contributed by atoms with van der Waals surface area (Å²) in [6.07, 6.45) is 0.839. The first-order chi connectivity index (χ1) is 29.8. The molecule has 63 heavy (non-hydrogen) atoms. The molecule has 6 N–H and O–H groups in total. The first-order valence-electron chi connectivity index (χ1n) is 19.7. The molecule has 6 rings (SSSR count). The lowest BCUT2D eigenvalue weighted by molar-refractivity contribution is -0.148. The number of hydrogen-bond acceptors (Lipinski definition) is 12. The van der Waals surface area contributed by atoms with Gasteiger partial charge in [-0.1, -0.05) is 6.99 Å². The molecule has 24 heteroatoms. The monoisotopic (exact) mass is 952 g/mol. The van der Waals surface area contributed by atoms with Crippen molar-refractivity contribution >= 4 is 110 Å². The second-order valence-corrected chi connectivity index (χ2v) is 27.6. The number of anilines is 4. The fraction of sp³-hybridized carbons (Fsp3) is 0.487. The number of carbonyl (C=O) groups excluding carboxylic acids is 5. The number of aliphatic hydroxyl groups is 3. The summed E-state index contributed by atoms with van der Waals surface area (Å²) in [4.78, 5) is 99.0. The van der Waals surface area contributed by atoms with E-state index < -0.39 is 47.5 Å². The van der Waals surface area contributed by atoms with Gasteiger partial charge in [0.1, 0.15) is 7.57 Å². The lowest BCUT2D eigenvalue weighted by atomic mass is 10.1. The van der Waals surface area contributed by atoms with Crippen LogP contribution in [0.25, 0.3) is 0 Å². The van der Waals surface area contributed by atoms with Gasteiger partial charge in [0, 0.05) is 101 Å². The topological polar surface area (TPSA) is 280 Å². The van der Waals surface area contributed by atoms with Gasteiger partial charge in [-0.3, -0.25) is 38.4 Å². The van der Waals surface area contributed by atoms with Crippen molar-refractivity contribution in [3.8, 4) is 0 Å². The zero-order chi connectivity index (χ0) is 47.0. The van der Waals surface area contributed by atoms with Crippen LogP contribution in [0.4, 0.5) is 22.7 Å². The molecule has 2 aromatic rings. The highest BCUT2D eigenvalue weighted by Gasteiger charge is 2.39. The van der Waals surface area contributed by atoms with E-state index in [0.717, 1.165) is 0 Å². The van der Waals surface area contributed by atoms with Crippen LogP contribution in [-0.4, -0.2) is 145 Å². The molecule has 4 saturated heterocycles. The number of aliphatic carboxylic acids is 3. The van der Waals surface area contributed by atoms with E-state index in [-0.39, 0.29) is 116 Å². The van der Waals surface area contributed by atoms with E-state index in [1.54, 1.807) is 48.5 Å². The van der Waals surface area contributed by atoms with Gasteiger partial charge in [0.25, 0.3) is 0 Å². The van der Waals surface area contributed by atoms with Gasteiger partial charge in [-0.25, -0.2) is 0 Å². The normalized spacial score (nSPS) is 21.0. The number of carboxylic acids is 3. The van der Waals surface area contributed by atoms with E-state index in [9.17, 15) is 38.4 Å². The second kappa shape index (κ2) is 26.0. The highest BCUT2D eigenvalue weighted by Crippen LogP contribution is 2.75. The summed E-state index contributed by atoms with van der Waals surface area (Å²) in [6.45, 7) is 2.90. The lowest BCUT2D eigenvalue weighted by Crippen LogP contribution is -2.27. The van der Waals surface area contributed by atoms with Gasteiger partial charge in [-0.05, 0) is 61.6 Å². The predicted molar refractivity (Wildman–Crippen MR) is 244 cm³/mol. The van der Waals surface area contributed by atoms with Crippen molar-refractivity contribution in [2.75, 3.05) is 78.9 Å². The van der Waals surface area contributed by atoms with E-state index >= 15 is 0 Å². The molecular weight excluding hydrogens is 899 g/mol. The number of ether oxygens (including phenoxy) is 1. The predicted octanol–water partition coefficient (Wildman–Crippen LogP) is 2.48. The molecule has 4 fully saturated rings. The Balaban J connectivity index is 0.000000273. The molecular formula is C39H53BN4O15P4. The maximum absolute atomic E-state index is 12.3. The Labute approximate surface area is 372 Å². The lowest BCUT2D eigenvalue weighted by Gasteiger charge is -2.20. The molecule has 7 atom stereocenters. The van der Waals surface area contributed by atoms with Gasteiger partial charge in [-0.2, -0.15) is 0 Å². The standard InChI is InChI=1S/C19H22N2O7.C16H16N2O6.C3H8O2.CH7BP4/c22-6-1-7-28-19(27)13-9-17(24)21(11-13)15-4-2-14(3-5-15)20-10-12(18(25)26)8-16(20)23;19-13-5-9(15(21)22)7-17(13)11-1-2-12(4-3-11)18-8-10(16(23)24)6-14(18)20;4-2-1-3-5;1-5(2)6(3)4/h2-5,12-13,22H,1,6-11H2,(H,25,26);1-4,9-10H,5-8H2,(H,21,22)(H,23,24);4-5H,1-3H2;3-4H2,1H3. The number of carbonyl (C=O) groups is 8. The van der Waals surface area contributed by atoms with Crippen molar-refractivity contribution in [3.05, 3.63) is 48.5 Å². The molecule has 0 aliphatic carbocycles. The third-order valence-electron chi connectivity index (χ3n) is 10.1. The summed E-state index contributed by atoms with van der Waals surface area (Å²) in [5.74, 6) is -7.08. The van der Waals surface area contributed by atoms with Gasteiger partial charge in [0.2, 0.25) is 23.6 Å². The van der Waals surface area contributed by atoms with Gasteiger partial charge < -0.3 is 55.0 Å². The first-order valence-corrected chi connectivity index (χ1v) is 26.8. The minimum Gasteiger partial charge on any atom is -0.481 e. The molecule has 0 bridgehead atoms. The molecule has 0 spiro atoms. The van der Waals surface area contributed by atoms with Crippen LogP contribution in [0.5, 0.6) is 0 Å². The first kappa shape index (κ1) is 53.2. The minimum absolute atomic E-state index is 0.0165. The van der Waals surface area contributed by atoms with Gasteiger partial charge in [0.05, 0.1) is 30.3 Å². The molecule has 7 unspecified atom stereocenters. The van der Waals surface area contributed by atoms with Crippen LogP contribution < -0.4 is 19.6 Å². The van der Waals surface area contributed by atoms with Crippen molar-refractivity contribution in [1.82, 2.24) is 0 Å². The molecule has 2 aromatic carbocycles. The second-order valence-electron chi connectivity index (χ2n) is 14.7. The van der Waals surface area contributed by atoms with Crippen LogP contribution in [-0.2, 0) is 43.1 Å². The van der Waals surface area contributed by atoms with Gasteiger partial charge in [-0.15, -0.1) is 25.3 Å². The average Bonchev–Trinajstić information content (AvgIpc) is 4.04. The molecule has 4 amide bonds. The third kappa shape index (κ3) is 15.8. The van der Waals surface area contributed by atoms with E-state index in [1.807, 2.05) is 0 Å². The van der Waals surface area contributed by atoms with Crippen molar-refractivity contribution in [2.45, 2.75) is 38.5 Å². The van der Waals surface area contributed by atoms with Crippen molar-refractivity contribution in [1.29, 1.82) is 0 Å². The Morgan fingerprint density at radius 2 is 0.825 bits per heavy atom. The number of benzene rings is 2. The van der Waals surface area contributed by atoms with Crippen LogP contribution >= 0.6 is 32.3 Å². The molecule has 4 aliphatic rings. The molecule has 4 heterocycles. The maximum atomic E-state index is 12.3. The Kier molecular flexibility index (Phi) is 21.9. The quantitative estimate of drug-likeness (QED) is 0.0687. The minimum atomic E-state index is -0.996. The number of carboxylic acid groups (broad SMARTS) is 3. The van der Waals surface area contributed by atoms with E-state index in [0.29, 0.717) is 35.6 Å². The van der Waals surface area contributed by atoms with E-state index in [1.165, 1.54) is 19.6 Å². The maximum Gasteiger partial charge on any atom is 0.311 e. The van der Waals surface area contributed by atoms with Crippen molar-refractivity contribution in [2.24, 2.45) is 23.7 Å². The number of nitrogens with zero attached hydrogens (tertiary/aromatic N) is 4. The highest BCUT2D eigenvalue weighted by molar-refractivity contribution is 8.76. The number of rotatable bonds is 14. The fourth-order valence-corrected chi connectivity index (χ4v) is 6.53. The summed E-state index contributed by atoms with van der Waals surface area (Å²) in [5.41, 5.74) is 2.30. The van der Waals surface area contributed by atoms with Gasteiger partial charge in [0.15, 0.2) is 0 Å². The molecule has 0 aromatic heterocycles. The van der Waals surface area contributed by atoms with E-state index in [2.05, 4.69) is 24.5 Å².